The number of nitrogens with zero attached hydrogens (tertiary/aromatic N) is 3. The van der Waals surface area contributed by atoms with Gasteiger partial charge in [0.1, 0.15) is 12.2 Å². The molecule has 194 valence electrons. The monoisotopic (exact) mass is 555 g/mol. The number of amides is 1. The maximum Gasteiger partial charge on any atom is 0.327 e. The first-order valence-electron chi connectivity index (χ1n) is 11.2. The molecule has 2 unspecified atom stereocenters. The fourth-order valence-electron chi connectivity index (χ4n) is 4.47. The van der Waals surface area contributed by atoms with Gasteiger partial charge in [-0.15, -0.1) is 11.3 Å². The van der Waals surface area contributed by atoms with Crippen molar-refractivity contribution in [2.75, 3.05) is 13.7 Å². The summed E-state index contributed by atoms with van der Waals surface area (Å²) in [5, 5.41) is 4.06. The van der Waals surface area contributed by atoms with Crippen LogP contribution in [0.15, 0.2) is 49.2 Å². The number of esters is 1. The van der Waals surface area contributed by atoms with Gasteiger partial charge < -0.3 is 9.64 Å². The third-order valence-corrected chi connectivity index (χ3v) is 7.70. The average Bonchev–Trinajstić information content (AvgIpc) is 3.42. The first kappa shape index (κ1) is 28.2. The van der Waals surface area contributed by atoms with Crippen LogP contribution >= 0.6 is 32.2 Å². The van der Waals surface area contributed by atoms with Gasteiger partial charge in [-0.25, -0.2) is 0 Å². The Hall–Kier alpha value is -2.35. The molecule has 1 amide bonds. The minimum atomic E-state index is -3.33. The molecule has 0 saturated carbocycles. The van der Waals surface area contributed by atoms with E-state index in [0.717, 1.165) is 10.4 Å². The van der Waals surface area contributed by atoms with Gasteiger partial charge in [0.2, 0.25) is 5.91 Å². The second kappa shape index (κ2) is 11.4. The van der Waals surface area contributed by atoms with E-state index in [1.807, 2.05) is 38.1 Å². The van der Waals surface area contributed by atoms with Crippen LogP contribution in [0.5, 0.6) is 0 Å². The normalized spacial score (nSPS) is 17.9. The van der Waals surface area contributed by atoms with E-state index in [9.17, 15) is 18.4 Å². The molecule has 0 N–H and O–H groups in total. The molecule has 0 spiro atoms. The number of alkyl halides is 2. The summed E-state index contributed by atoms with van der Waals surface area (Å²) in [7, 11) is 2.76. The fraction of sp³-hybridized carbons (Fsp3) is 0.400. The van der Waals surface area contributed by atoms with Gasteiger partial charge >= 0.3 is 11.6 Å². The first-order chi connectivity index (χ1) is 16.9. The molecule has 1 aliphatic rings. The summed E-state index contributed by atoms with van der Waals surface area (Å²) < 4.78 is 36.0. The number of thiophene rings is 1. The zero-order chi connectivity index (χ0) is 26.7. The van der Waals surface area contributed by atoms with Crippen LogP contribution in [0, 0.1) is 0 Å². The number of ether oxygens (including phenoxy) is 1. The first-order valence-corrected chi connectivity index (χ1v) is 13.0. The number of methoxy groups -OCH3 is 1. The number of hydrogen-bond donors (Lipinski definition) is 0. The minimum absolute atomic E-state index is 0.184. The number of halogens is 3. The van der Waals surface area contributed by atoms with E-state index in [1.165, 1.54) is 44.6 Å². The third-order valence-electron chi connectivity index (χ3n) is 6.16. The van der Waals surface area contributed by atoms with Crippen molar-refractivity contribution in [1.29, 1.82) is 0 Å². The van der Waals surface area contributed by atoms with Crippen LogP contribution in [-0.4, -0.2) is 40.2 Å². The molecule has 2 aromatic heterocycles. The summed E-state index contributed by atoms with van der Waals surface area (Å²) >= 11 is 7.74. The smallest absolute Gasteiger partial charge is 0.327 e. The number of fused-ring (bicyclic) bond motifs is 1. The van der Waals surface area contributed by atoms with Crippen LogP contribution in [0.4, 0.5) is 8.78 Å². The van der Waals surface area contributed by atoms with Crippen LogP contribution in [0.2, 0.25) is 4.34 Å². The molecule has 6 nitrogen and oxygen atoms in total. The van der Waals surface area contributed by atoms with Gasteiger partial charge in [0.25, 0.3) is 0 Å². The molecule has 0 aromatic carbocycles. The van der Waals surface area contributed by atoms with Crippen molar-refractivity contribution in [2.45, 2.75) is 50.4 Å². The lowest BCUT2D eigenvalue weighted by Gasteiger charge is -2.37. The standard InChI is InChI=1S/C25H29ClF2N3O3PS/c1-5-7-8-9-24(3,18-13-31(15-22(33)34-4)29-23(18)25(27,28)35)11-16-12-30(21(32)6-2)14-19-17(16)10-20(26)36-19/h5-10,13,16H,2,11-12,14-15,35H2,1,3-4H3/b7-5-,9-8-/t16-,24?/m0/s1. The van der Waals surface area contributed by atoms with Crippen LogP contribution in [-0.2, 0) is 38.5 Å². The SMILES string of the molecule is C=CC(=O)N1Cc2sc(Cl)cc2[C@@H](CC(C)(/C=C\C=C/C)c2cn(CC(=O)OC)nc2C(F)(F)P)C1. The predicted octanol–water partition coefficient (Wildman–Crippen LogP) is 5.79. The van der Waals surface area contributed by atoms with Crippen molar-refractivity contribution in [3.63, 3.8) is 0 Å². The van der Waals surface area contributed by atoms with Crippen LogP contribution in [0.1, 0.15) is 47.9 Å². The van der Waals surface area contributed by atoms with E-state index in [1.54, 1.807) is 11.0 Å². The lowest BCUT2D eigenvalue weighted by Crippen LogP contribution is -2.38. The van der Waals surface area contributed by atoms with Crippen molar-refractivity contribution in [2.24, 2.45) is 0 Å². The Morgan fingerprint density at radius 1 is 1.42 bits per heavy atom. The molecule has 3 heterocycles. The van der Waals surface area contributed by atoms with E-state index in [2.05, 4.69) is 16.4 Å². The van der Waals surface area contributed by atoms with Gasteiger partial charge in [-0.05, 0) is 31.1 Å². The molecule has 0 bridgehead atoms. The topological polar surface area (TPSA) is 64.4 Å². The van der Waals surface area contributed by atoms with E-state index >= 15 is 0 Å². The molecular formula is C25H29ClF2N3O3PS. The van der Waals surface area contributed by atoms with Crippen molar-refractivity contribution in [3.05, 3.63) is 75.3 Å². The van der Waals surface area contributed by atoms with Gasteiger partial charge in [0.05, 0.1) is 18.0 Å². The largest absolute Gasteiger partial charge is 0.468 e. The molecule has 36 heavy (non-hydrogen) atoms. The lowest BCUT2D eigenvalue weighted by molar-refractivity contribution is -0.141. The summed E-state index contributed by atoms with van der Waals surface area (Å²) in [4.78, 5) is 27.0. The zero-order valence-corrected chi connectivity index (χ0v) is 23.1. The molecule has 3 atom stereocenters. The average molecular weight is 556 g/mol. The summed E-state index contributed by atoms with van der Waals surface area (Å²) in [6, 6.07) is 1.89. The van der Waals surface area contributed by atoms with Gasteiger partial charge in [-0.2, -0.15) is 13.9 Å². The second-order valence-electron chi connectivity index (χ2n) is 8.84. The molecule has 1 aliphatic heterocycles. The molecular weight excluding hydrogens is 527 g/mol. The molecule has 11 heteroatoms. The molecule has 0 radical (unpaired) electrons. The number of carbonyl (C=O) groups excluding carboxylic acids is 2. The number of carbonyl (C=O) groups is 2. The molecule has 3 rings (SSSR count). The summed E-state index contributed by atoms with van der Waals surface area (Å²) in [5.41, 5.74) is -3.42. The summed E-state index contributed by atoms with van der Waals surface area (Å²) in [6.45, 7) is 7.83. The van der Waals surface area contributed by atoms with Crippen molar-refractivity contribution >= 4 is 44.1 Å². The maximum atomic E-state index is 14.8. The highest BCUT2D eigenvalue weighted by Crippen LogP contribution is 2.47. The summed E-state index contributed by atoms with van der Waals surface area (Å²) in [6.07, 6.45) is 10.4. The summed E-state index contributed by atoms with van der Waals surface area (Å²) in [5.74, 6) is -0.988. The van der Waals surface area contributed by atoms with Crippen LogP contribution in [0.25, 0.3) is 0 Å². The van der Waals surface area contributed by atoms with E-state index in [-0.39, 0.29) is 23.9 Å². The number of aromatic nitrogens is 2. The Labute approximate surface area is 220 Å². The van der Waals surface area contributed by atoms with Gasteiger partial charge in [0.15, 0.2) is 0 Å². The fourth-order valence-corrected chi connectivity index (χ4v) is 6.07. The highest BCUT2D eigenvalue weighted by Gasteiger charge is 2.41. The highest BCUT2D eigenvalue weighted by atomic mass is 35.5. The Morgan fingerprint density at radius 2 is 2.14 bits per heavy atom. The van der Waals surface area contributed by atoms with Gasteiger partial charge in [0, 0.05) is 34.5 Å². The molecule has 0 fully saturated rings. The van der Waals surface area contributed by atoms with Crippen LogP contribution < -0.4 is 0 Å². The van der Waals surface area contributed by atoms with Crippen molar-refractivity contribution in [3.8, 4) is 0 Å². The minimum Gasteiger partial charge on any atom is -0.468 e. The Morgan fingerprint density at radius 3 is 2.75 bits per heavy atom. The number of rotatable bonds is 9. The molecule has 0 aliphatic carbocycles. The quantitative estimate of drug-likeness (QED) is 0.170. The Kier molecular flexibility index (Phi) is 8.91. The Balaban J connectivity index is 2.13. The highest BCUT2D eigenvalue weighted by molar-refractivity contribution is 7.17. The molecule has 2 aromatic rings. The number of allylic oxidation sites excluding steroid dienone is 4. The van der Waals surface area contributed by atoms with E-state index in [0.29, 0.717) is 23.8 Å². The van der Waals surface area contributed by atoms with Crippen molar-refractivity contribution in [1.82, 2.24) is 14.7 Å². The van der Waals surface area contributed by atoms with Gasteiger partial charge in [-0.1, -0.05) is 58.6 Å². The van der Waals surface area contributed by atoms with E-state index < -0.39 is 22.7 Å². The maximum absolute atomic E-state index is 14.8. The lowest BCUT2D eigenvalue weighted by atomic mass is 9.72. The van der Waals surface area contributed by atoms with Crippen LogP contribution in [0.3, 0.4) is 0 Å². The molecule has 0 saturated heterocycles. The van der Waals surface area contributed by atoms with E-state index in [4.69, 9.17) is 11.6 Å². The third kappa shape index (κ3) is 6.31. The predicted molar refractivity (Wildman–Crippen MR) is 141 cm³/mol. The van der Waals surface area contributed by atoms with Gasteiger partial charge in [-0.3, -0.25) is 14.3 Å². The number of hydrogen-bond acceptors (Lipinski definition) is 5. The Bertz CT molecular complexity index is 1200. The zero-order valence-electron chi connectivity index (χ0n) is 20.3. The second-order valence-corrected chi connectivity index (χ2v) is 11.3. The van der Waals surface area contributed by atoms with Crippen molar-refractivity contribution < 1.29 is 23.1 Å².